The van der Waals surface area contributed by atoms with Crippen molar-refractivity contribution in [3.05, 3.63) is 99.7 Å². The molecular formula is C57H69N9O10S. The van der Waals surface area contributed by atoms with Crippen molar-refractivity contribution in [2.45, 2.75) is 99.9 Å². The van der Waals surface area contributed by atoms with Crippen molar-refractivity contribution in [1.82, 2.24) is 24.5 Å². The van der Waals surface area contributed by atoms with Gasteiger partial charge >= 0.3 is 0 Å². The number of aromatic amines is 1. The molecule has 5 saturated heterocycles. The number of benzene rings is 3. The highest BCUT2D eigenvalue weighted by molar-refractivity contribution is 7.90. The van der Waals surface area contributed by atoms with Crippen LogP contribution in [0.2, 0.25) is 0 Å². The molecule has 0 radical (unpaired) electrons. The third-order valence-electron chi connectivity index (χ3n) is 18.4. The predicted molar refractivity (Wildman–Crippen MR) is 290 cm³/mol. The van der Waals surface area contributed by atoms with Crippen molar-refractivity contribution < 1.29 is 41.8 Å². The molecule has 7 aliphatic heterocycles. The van der Waals surface area contributed by atoms with Gasteiger partial charge < -0.3 is 43.8 Å². The molecule has 13 rings (SSSR count). The molecule has 77 heavy (non-hydrogen) atoms. The molecule has 20 heteroatoms. The van der Waals surface area contributed by atoms with E-state index in [0.29, 0.717) is 73.8 Å². The number of sulfonamides is 1. The van der Waals surface area contributed by atoms with Crippen LogP contribution in [0.4, 0.5) is 28.4 Å². The lowest BCUT2D eigenvalue weighted by Crippen LogP contribution is -2.60. The molecule has 1 aliphatic carbocycles. The van der Waals surface area contributed by atoms with E-state index in [1.54, 1.807) is 6.07 Å². The Hall–Kier alpha value is -6.03. The largest absolute Gasteiger partial charge is 0.489 e. The smallest absolute Gasteiger partial charge is 0.297 e. The van der Waals surface area contributed by atoms with Crippen LogP contribution in [-0.4, -0.2) is 149 Å². The van der Waals surface area contributed by atoms with Gasteiger partial charge in [0.1, 0.15) is 24.0 Å². The second-order valence-corrected chi connectivity index (χ2v) is 24.6. The van der Waals surface area contributed by atoms with Crippen molar-refractivity contribution in [2.75, 3.05) is 101 Å². The molecule has 19 nitrogen and oxygen atoms in total. The van der Waals surface area contributed by atoms with E-state index in [0.717, 1.165) is 108 Å². The van der Waals surface area contributed by atoms with Crippen molar-refractivity contribution in [3.8, 4) is 11.6 Å². The number of hydrogen-bond acceptors (Lipinski definition) is 16. The van der Waals surface area contributed by atoms with Crippen LogP contribution in [0, 0.1) is 34.3 Å². The third-order valence-corrected chi connectivity index (χ3v) is 19.7. The Morgan fingerprint density at radius 1 is 0.883 bits per heavy atom. The molecule has 1 amide bonds. The van der Waals surface area contributed by atoms with E-state index in [1.165, 1.54) is 30.0 Å². The number of nitro groups is 1. The van der Waals surface area contributed by atoms with Gasteiger partial charge in [0, 0.05) is 114 Å². The fourth-order valence-electron chi connectivity index (χ4n) is 14.0. The van der Waals surface area contributed by atoms with Gasteiger partial charge in [-0.1, -0.05) is 24.3 Å². The first-order chi connectivity index (χ1) is 37.5. The van der Waals surface area contributed by atoms with Gasteiger partial charge in [0.25, 0.3) is 21.6 Å². The number of nitrogens with one attached hydrogen (secondary N) is 3. The van der Waals surface area contributed by atoms with E-state index in [1.807, 2.05) is 30.5 Å². The lowest BCUT2D eigenvalue weighted by atomic mass is 9.59. The fourth-order valence-corrected chi connectivity index (χ4v) is 15.0. The summed E-state index contributed by atoms with van der Waals surface area (Å²) in [5.74, 6) is 0.389. The number of fused-ring (bicyclic) bond motifs is 4. The molecule has 5 aromatic rings. The molecule has 3 N–H and O–H groups in total. The van der Waals surface area contributed by atoms with Gasteiger partial charge in [-0.25, -0.2) is 13.1 Å². The summed E-state index contributed by atoms with van der Waals surface area (Å²) in [5.41, 5.74) is 5.54. The maximum absolute atomic E-state index is 14.9. The number of nitrogens with zero attached hydrogens (tertiary/aromatic N) is 6. The number of rotatable bonds is 11. The average molecular weight is 1070 g/mol. The number of amides is 1. The maximum Gasteiger partial charge on any atom is 0.297 e. The lowest BCUT2D eigenvalue weighted by Gasteiger charge is -2.58. The number of ether oxygens (including phenoxy) is 5. The topological polar surface area (TPSA) is 206 Å². The standard InChI is InChI=1S/C57H69N9O10S/c1-36-4-2-3-5-43(36)50-33-62(32-37-9-21-72-22-10-37)19-20-64(50)41-30-57(31-41)14-17-63(18-15-57)40-6-7-44(47(27-40)65-46-13-25-74-35-52(46)76-56-49(65)26-39-8-16-58-54(39)60-56)55(67)61-77(70,71)42-28-48(66(68)69)53-51(29-42)75-34-45(59-53)38-11-23-73-24-12-38/h2-8,16,26-29,37-38,41,45-46,50,52,59H,9-15,17-25,30-35H2,1H3,(H,58,60)(H,61,67)/t45-,46-,50-,52-/m0/s1. The molecule has 0 unspecified atom stereocenters. The van der Waals surface area contributed by atoms with Gasteiger partial charge in [-0.15, -0.1) is 0 Å². The Balaban J connectivity index is 0.773. The van der Waals surface area contributed by atoms with E-state index >= 15 is 0 Å². The van der Waals surface area contributed by atoms with Crippen LogP contribution in [0.5, 0.6) is 11.6 Å². The molecular weight excluding hydrogens is 1000 g/mol. The van der Waals surface area contributed by atoms with E-state index in [-0.39, 0.29) is 47.0 Å². The number of aromatic nitrogens is 2. The fraction of sp³-hybridized carbons (Fsp3) is 0.544. The van der Waals surface area contributed by atoms with Gasteiger partial charge in [-0.2, -0.15) is 4.98 Å². The number of carbonyl (C=O) groups is 1. The SMILES string of the molecule is Cc1ccccc1[C@@H]1CN(CC2CCOCC2)CCN1C1CC2(CCN(c3ccc(C(=O)NS(=O)(=O)c4cc5c(c([N+](=O)[O-])c4)N[C@H](C4CCOCC4)CO5)c(N4c5cc6cc[nH]c6nc5O[C@H]5COCC[C@@H]54)c3)CC2)C1. The summed E-state index contributed by atoms with van der Waals surface area (Å²) in [6, 6.07) is 21.1. The highest BCUT2D eigenvalue weighted by Crippen LogP contribution is 2.54. The minimum atomic E-state index is -4.70. The number of carbonyl (C=O) groups excluding carboxylic acids is 1. The monoisotopic (exact) mass is 1070 g/mol. The van der Waals surface area contributed by atoms with E-state index < -0.39 is 37.5 Å². The number of hydrogen-bond donors (Lipinski definition) is 3. The minimum absolute atomic E-state index is 0.0334. The Labute approximate surface area is 449 Å². The van der Waals surface area contributed by atoms with Crippen LogP contribution < -0.4 is 29.3 Å². The predicted octanol–water partition coefficient (Wildman–Crippen LogP) is 7.72. The first-order valence-electron chi connectivity index (χ1n) is 27.8. The molecule has 1 saturated carbocycles. The number of pyridine rings is 1. The summed E-state index contributed by atoms with van der Waals surface area (Å²) in [5, 5.41) is 16.7. The van der Waals surface area contributed by atoms with E-state index in [4.69, 9.17) is 28.7 Å². The molecule has 9 heterocycles. The van der Waals surface area contributed by atoms with Gasteiger partial charge in [0.2, 0.25) is 5.88 Å². The van der Waals surface area contributed by atoms with E-state index in [9.17, 15) is 23.3 Å². The summed E-state index contributed by atoms with van der Waals surface area (Å²) < 4.78 is 60.9. The summed E-state index contributed by atoms with van der Waals surface area (Å²) in [6.45, 7) is 12.2. The van der Waals surface area contributed by atoms with E-state index in [2.05, 4.69) is 65.8 Å². The highest BCUT2D eigenvalue weighted by Gasteiger charge is 2.50. The van der Waals surface area contributed by atoms with Crippen molar-refractivity contribution in [1.29, 1.82) is 0 Å². The number of H-pyrrole nitrogens is 1. The van der Waals surface area contributed by atoms with Crippen LogP contribution in [0.3, 0.4) is 0 Å². The van der Waals surface area contributed by atoms with Gasteiger partial charge in [0.15, 0.2) is 11.4 Å². The second kappa shape index (κ2) is 20.6. The van der Waals surface area contributed by atoms with Crippen LogP contribution in [0.15, 0.2) is 77.8 Å². The quantitative estimate of drug-likeness (QED) is 0.0855. The summed E-state index contributed by atoms with van der Waals surface area (Å²) in [7, 11) is -4.70. The van der Waals surface area contributed by atoms with Crippen LogP contribution in [0.25, 0.3) is 11.0 Å². The van der Waals surface area contributed by atoms with Crippen LogP contribution in [0.1, 0.15) is 85.3 Å². The molecule has 3 aromatic carbocycles. The normalized spacial score (nSPS) is 25.4. The number of nitro benzene ring substituents is 1. The molecule has 2 aromatic heterocycles. The Kier molecular flexibility index (Phi) is 13.5. The van der Waals surface area contributed by atoms with Crippen molar-refractivity contribution in [2.24, 2.45) is 17.3 Å². The summed E-state index contributed by atoms with van der Waals surface area (Å²) >= 11 is 0. The Morgan fingerprint density at radius 3 is 2.45 bits per heavy atom. The number of piperazine rings is 1. The first-order valence-corrected chi connectivity index (χ1v) is 29.3. The molecule has 1 spiro atoms. The maximum atomic E-state index is 14.9. The van der Waals surface area contributed by atoms with Gasteiger partial charge in [-0.05, 0) is 123 Å². The van der Waals surface area contributed by atoms with Crippen LogP contribution in [-0.2, 0) is 24.2 Å². The molecule has 408 valence electrons. The number of aryl methyl sites for hydroxylation is 1. The Morgan fingerprint density at radius 2 is 1.66 bits per heavy atom. The van der Waals surface area contributed by atoms with Gasteiger partial charge in [0.05, 0.1) is 39.8 Å². The number of anilines is 4. The highest BCUT2D eigenvalue weighted by atomic mass is 32.2. The zero-order valence-electron chi connectivity index (χ0n) is 43.7. The van der Waals surface area contributed by atoms with Gasteiger partial charge in [-0.3, -0.25) is 24.7 Å². The molecule has 0 bridgehead atoms. The average Bonchev–Trinajstić information content (AvgIpc) is 4.02. The minimum Gasteiger partial charge on any atom is -0.489 e. The zero-order chi connectivity index (χ0) is 52.4. The molecule has 8 aliphatic rings. The Bertz CT molecular complexity index is 3150. The van der Waals surface area contributed by atoms with Crippen molar-refractivity contribution >= 4 is 55.4 Å². The van der Waals surface area contributed by atoms with Crippen LogP contribution >= 0.6 is 0 Å². The molecule has 4 atom stereocenters. The third kappa shape index (κ3) is 9.76. The van der Waals surface area contributed by atoms with Crippen molar-refractivity contribution in [3.63, 3.8) is 0 Å². The number of piperidine rings is 1. The zero-order valence-corrected chi connectivity index (χ0v) is 44.5. The second-order valence-electron chi connectivity index (χ2n) is 22.9. The first kappa shape index (κ1) is 50.5. The lowest BCUT2D eigenvalue weighted by molar-refractivity contribution is -0.384. The molecule has 6 fully saturated rings. The summed E-state index contributed by atoms with van der Waals surface area (Å²) in [4.78, 5) is 44.5. The summed E-state index contributed by atoms with van der Waals surface area (Å²) in [6.07, 6.45) is 10.2.